The summed E-state index contributed by atoms with van der Waals surface area (Å²) in [6.07, 6.45) is 0.819. The Bertz CT molecular complexity index is 1860. The smallest absolute Gasteiger partial charge is 0.404 e. The molecule has 13 atom stereocenters. The van der Waals surface area contributed by atoms with Gasteiger partial charge in [0.05, 0.1) is 24.4 Å². The number of fused-ring (bicyclic) bond motifs is 1. The lowest BCUT2D eigenvalue weighted by molar-refractivity contribution is -0.165. The van der Waals surface area contributed by atoms with Gasteiger partial charge in [0.1, 0.15) is 24.0 Å². The average Bonchev–Trinajstić information content (AvgIpc) is 3.28. The van der Waals surface area contributed by atoms with Crippen LogP contribution < -0.4 is 11.5 Å². The quantitative estimate of drug-likeness (QED) is 0.0707. The van der Waals surface area contributed by atoms with Gasteiger partial charge in [-0.15, -0.1) is 0 Å². The molecule has 4 N–H and O–H groups in total. The van der Waals surface area contributed by atoms with E-state index < -0.39 is 110 Å². The van der Waals surface area contributed by atoms with Crippen LogP contribution in [0, 0.1) is 29.6 Å². The van der Waals surface area contributed by atoms with E-state index in [4.69, 9.17) is 44.3 Å². The SMILES string of the molecule is CC[C@@H]1/C=C(\C)C[C@H](C)C[C@H](OC)C(OC(N)=O)[C@@H](OC)C[C@@H](C)C(=O)C(=O)C(=O)N2CCCC[C@H]2C(=O)O[C@H](/C(C)=C/C2CC[C@@H](OC(N)=O)[C@H](OC)C2)[C@H](C)C(O[Si](C)(C)C(C)(C)C)CC1=O. The van der Waals surface area contributed by atoms with Crippen LogP contribution in [0.5, 0.6) is 0 Å². The van der Waals surface area contributed by atoms with E-state index >= 15 is 0 Å². The molecule has 18 heteroatoms. The molecule has 3 aliphatic rings. The number of esters is 1. The number of amides is 3. The minimum atomic E-state index is -2.61. The predicted molar refractivity (Wildman–Crippen MR) is 262 cm³/mol. The second kappa shape index (κ2) is 26.5. The second-order valence-corrected chi connectivity index (χ2v) is 26.2. The van der Waals surface area contributed by atoms with E-state index in [1.807, 2.05) is 46.8 Å². The van der Waals surface area contributed by atoms with Crippen molar-refractivity contribution in [2.45, 2.75) is 200 Å². The normalized spacial score (nSPS) is 33.7. The minimum Gasteiger partial charge on any atom is -0.456 e. The summed E-state index contributed by atoms with van der Waals surface area (Å²) in [5, 5.41) is -0.251. The number of Topliss-reactive ketones (excluding diaryl/α,β-unsaturated/α-hetero) is 3. The lowest BCUT2D eigenvalue weighted by atomic mass is 9.81. The summed E-state index contributed by atoms with van der Waals surface area (Å²) in [4.78, 5) is 96.5. The number of piperidine rings is 1. The maximum Gasteiger partial charge on any atom is 0.404 e. The number of hydrogen-bond acceptors (Lipinski definition) is 14. The molecule has 0 aromatic heterocycles. The fourth-order valence-electron chi connectivity index (χ4n) is 10.0. The molecule has 0 aromatic rings. The van der Waals surface area contributed by atoms with Gasteiger partial charge in [0.15, 0.2) is 14.4 Å². The van der Waals surface area contributed by atoms with E-state index in [2.05, 4.69) is 33.9 Å². The first-order chi connectivity index (χ1) is 32.2. The largest absolute Gasteiger partial charge is 0.456 e. The summed E-state index contributed by atoms with van der Waals surface area (Å²) in [5.41, 5.74) is 12.6. The number of rotatable bonds is 10. The zero-order chi connectivity index (χ0) is 52.1. The van der Waals surface area contributed by atoms with Gasteiger partial charge in [0.2, 0.25) is 5.78 Å². The molecule has 0 radical (unpaired) electrons. The number of nitrogens with two attached hydrogens (primary N) is 2. The molecular weight excluding hydrogens is 907 g/mol. The third-order valence-corrected chi connectivity index (χ3v) is 19.5. The van der Waals surface area contributed by atoms with E-state index in [0.717, 1.165) is 10.5 Å². The van der Waals surface area contributed by atoms with Gasteiger partial charge >= 0.3 is 18.2 Å². The first kappa shape index (κ1) is 59.3. The van der Waals surface area contributed by atoms with Crippen molar-refractivity contribution in [3.8, 4) is 0 Å². The molecule has 3 rings (SSSR count). The molecule has 2 fully saturated rings. The summed E-state index contributed by atoms with van der Waals surface area (Å²) in [6, 6.07) is -1.19. The van der Waals surface area contributed by atoms with Gasteiger partial charge in [0.25, 0.3) is 11.7 Å². The van der Waals surface area contributed by atoms with E-state index in [-0.39, 0.29) is 48.5 Å². The average molecular weight is 992 g/mol. The predicted octanol–water partition coefficient (Wildman–Crippen LogP) is 7.55. The van der Waals surface area contributed by atoms with Gasteiger partial charge in [-0.2, -0.15) is 0 Å². The number of primary amides is 2. The summed E-state index contributed by atoms with van der Waals surface area (Å²) in [5.74, 6) is -6.45. The van der Waals surface area contributed by atoms with E-state index in [9.17, 15) is 33.6 Å². The fraction of sp³-hybridized carbons (Fsp3) is 0.784. The number of carbonyl (C=O) groups excluding carboxylic acids is 7. The lowest BCUT2D eigenvalue weighted by Crippen LogP contribution is -2.54. The molecule has 3 amide bonds. The van der Waals surface area contributed by atoms with Crippen molar-refractivity contribution in [1.29, 1.82) is 0 Å². The van der Waals surface area contributed by atoms with Crippen molar-refractivity contribution < 1.29 is 66.4 Å². The molecule has 1 saturated carbocycles. The van der Waals surface area contributed by atoms with Crippen LogP contribution in [0.3, 0.4) is 0 Å². The van der Waals surface area contributed by atoms with E-state index in [1.165, 1.54) is 21.1 Å². The molecule has 392 valence electrons. The van der Waals surface area contributed by atoms with Crippen LogP contribution in [0.25, 0.3) is 0 Å². The Morgan fingerprint density at radius 2 is 1.43 bits per heavy atom. The number of cyclic esters (lactones) is 1. The number of ether oxygens (including phenoxy) is 6. The Morgan fingerprint density at radius 1 is 0.826 bits per heavy atom. The maximum atomic E-state index is 14.8. The van der Waals surface area contributed by atoms with E-state index in [1.54, 1.807) is 7.11 Å². The van der Waals surface area contributed by atoms with Crippen LogP contribution >= 0.6 is 0 Å². The van der Waals surface area contributed by atoms with Crippen molar-refractivity contribution in [3.05, 3.63) is 23.3 Å². The van der Waals surface area contributed by atoms with Crippen molar-refractivity contribution >= 4 is 49.7 Å². The Morgan fingerprint density at radius 3 is 2.00 bits per heavy atom. The zero-order valence-electron chi connectivity index (χ0n) is 44.0. The van der Waals surface area contributed by atoms with Crippen LogP contribution in [0.4, 0.5) is 9.59 Å². The number of ketones is 3. The highest BCUT2D eigenvalue weighted by Gasteiger charge is 2.46. The standard InChI is InChI=1S/C51H85N3O14Si/c1-15-35-23-29(2)22-30(3)24-41(63-11)46(67-50(53)61)42(64-12)26-31(4)43(56)44(57)47(58)54-21-17-16-18-36(54)48(59)66-45(33(6)39(28-37(35)55)68-69(13,14)51(7,8)9)32(5)25-34-19-20-38(65-49(52)60)40(27-34)62-10/h23,25,30-31,33-36,38-42,45-46H,15-22,24,26-28H2,1-14H3,(H2,52,60)(H2,53,61)/b29-23+,32-25+/t30-,31+,33+,34?,35+,36-,38+,39?,40+,41-,42-,45+,46?/m0/s1. The number of allylic oxidation sites excluding steroid dienone is 3. The highest BCUT2D eigenvalue weighted by molar-refractivity contribution is 6.74. The van der Waals surface area contributed by atoms with Gasteiger partial charge < -0.3 is 49.2 Å². The van der Waals surface area contributed by atoms with Gasteiger partial charge in [-0.1, -0.05) is 66.2 Å². The first-order valence-corrected chi connectivity index (χ1v) is 27.8. The van der Waals surface area contributed by atoms with Crippen molar-refractivity contribution in [1.82, 2.24) is 4.90 Å². The first-order valence-electron chi connectivity index (χ1n) is 24.9. The number of methoxy groups -OCH3 is 3. The minimum absolute atomic E-state index is 0.0211. The number of carbonyl (C=O) groups is 7. The topological polar surface area (TPSA) is 239 Å². The molecule has 1 aliphatic carbocycles. The Labute approximate surface area is 411 Å². The molecule has 1 saturated heterocycles. The fourth-order valence-corrected chi connectivity index (χ4v) is 11.4. The molecule has 17 nitrogen and oxygen atoms in total. The van der Waals surface area contributed by atoms with Gasteiger partial charge in [-0.25, -0.2) is 14.4 Å². The molecule has 2 heterocycles. The highest BCUT2D eigenvalue weighted by Crippen LogP contribution is 2.41. The van der Waals surface area contributed by atoms with Gasteiger partial charge in [-0.05, 0) is 114 Å². The third-order valence-electron chi connectivity index (χ3n) is 15.0. The maximum absolute atomic E-state index is 14.8. The molecule has 2 aliphatic heterocycles. The summed E-state index contributed by atoms with van der Waals surface area (Å²) >= 11 is 0. The van der Waals surface area contributed by atoms with Gasteiger partial charge in [0, 0.05) is 52.0 Å². The monoisotopic (exact) mass is 992 g/mol. The Balaban J connectivity index is 2.25. The molecule has 0 spiro atoms. The van der Waals surface area contributed by atoms with Crippen LogP contribution in [-0.2, 0) is 56.8 Å². The Kier molecular flexibility index (Phi) is 22.8. The summed E-state index contributed by atoms with van der Waals surface area (Å²) < 4.78 is 42.1. The van der Waals surface area contributed by atoms with Crippen LogP contribution in [-0.4, -0.2) is 131 Å². The van der Waals surface area contributed by atoms with Crippen molar-refractivity contribution in [2.24, 2.45) is 41.1 Å². The van der Waals surface area contributed by atoms with Crippen LogP contribution in [0.2, 0.25) is 18.1 Å². The number of hydrogen-bond donors (Lipinski definition) is 2. The molecule has 0 bridgehead atoms. The molecule has 0 aromatic carbocycles. The molecule has 3 unspecified atom stereocenters. The van der Waals surface area contributed by atoms with Crippen molar-refractivity contribution in [2.75, 3.05) is 27.9 Å². The lowest BCUT2D eigenvalue weighted by Gasteiger charge is -2.43. The molecular formula is C51H85N3O14Si. The van der Waals surface area contributed by atoms with Crippen molar-refractivity contribution in [3.63, 3.8) is 0 Å². The zero-order valence-corrected chi connectivity index (χ0v) is 45.0. The van der Waals surface area contributed by atoms with Gasteiger partial charge in [-0.3, -0.25) is 19.2 Å². The Hall–Kier alpha value is -3.97. The highest BCUT2D eigenvalue weighted by atomic mass is 28.4. The van der Waals surface area contributed by atoms with Crippen LogP contribution in [0.15, 0.2) is 23.3 Å². The van der Waals surface area contributed by atoms with E-state index in [0.29, 0.717) is 56.9 Å². The summed E-state index contributed by atoms with van der Waals surface area (Å²) in [7, 11) is 1.79. The third kappa shape index (κ3) is 16.5. The second-order valence-electron chi connectivity index (χ2n) is 21.4. The number of nitrogens with zero attached hydrogens (tertiary/aromatic N) is 1. The summed E-state index contributed by atoms with van der Waals surface area (Å²) in [6.45, 7) is 21.9. The van der Waals surface area contributed by atoms with Crippen LogP contribution in [0.1, 0.15) is 133 Å². The molecule has 69 heavy (non-hydrogen) atoms.